The molecular weight excluding hydrogens is 406 g/mol. The van der Waals surface area contributed by atoms with E-state index in [9.17, 15) is 24.3 Å². The number of nitrogens with zero attached hydrogens (tertiary/aromatic N) is 1. The maximum Gasteiger partial charge on any atom is 0.405 e. The fourth-order valence-electron chi connectivity index (χ4n) is 3.45. The molecule has 0 radical (unpaired) electrons. The molecule has 1 unspecified atom stereocenters. The van der Waals surface area contributed by atoms with E-state index in [0.29, 0.717) is 13.0 Å². The highest BCUT2D eigenvalue weighted by molar-refractivity contribution is 5.91. The van der Waals surface area contributed by atoms with Crippen molar-refractivity contribution in [1.82, 2.24) is 21.3 Å². The van der Waals surface area contributed by atoms with Gasteiger partial charge in [0.05, 0.1) is 12.1 Å². The molecule has 0 aliphatic carbocycles. The SMILES string of the molecule is CC(C)C[C@H](NC(=O)[C@@H](NC(=O)O)C(C)C)C(=O)N[C@@H](C[C@@H]1CCNC1=O)C(O)C#N. The van der Waals surface area contributed by atoms with Gasteiger partial charge in [-0.3, -0.25) is 14.4 Å². The number of aliphatic hydroxyl groups is 1. The Bertz CT molecular complexity index is 705. The van der Waals surface area contributed by atoms with E-state index in [-0.39, 0.29) is 30.6 Å². The molecule has 5 atom stereocenters. The van der Waals surface area contributed by atoms with Crippen LogP contribution >= 0.6 is 0 Å². The van der Waals surface area contributed by atoms with Gasteiger partial charge in [-0.15, -0.1) is 0 Å². The zero-order valence-corrected chi connectivity index (χ0v) is 18.3. The molecular formula is C20H33N5O6. The lowest BCUT2D eigenvalue weighted by Crippen LogP contribution is -2.57. The molecule has 1 fully saturated rings. The molecule has 174 valence electrons. The number of aliphatic hydroxyl groups excluding tert-OH is 1. The smallest absolute Gasteiger partial charge is 0.405 e. The van der Waals surface area contributed by atoms with Crippen LogP contribution in [0.1, 0.15) is 47.0 Å². The molecule has 1 saturated heterocycles. The lowest BCUT2D eigenvalue weighted by atomic mass is 9.94. The van der Waals surface area contributed by atoms with Crippen molar-refractivity contribution in [2.75, 3.05) is 6.54 Å². The first-order valence-corrected chi connectivity index (χ1v) is 10.4. The summed E-state index contributed by atoms with van der Waals surface area (Å²) in [5.74, 6) is -2.23. The maximum absolute atomic E-state index is 12.9. The highest BCUT2D eigenvalue weighted by Crippen LogP contribution is 2.18. The van der Waals surface area contributed by atoms with Crippen molar-refractivity contribution >= 4 is 23.8 Å². The van der Waals surface area contributed by atoms with E-state index in [2.05, 4.69) is 21.3 Å². The van der Waals surface area contributed by atoms with Gasteiger partial charge in [0, 0.05) is 12.5 Å². The number of carbonyl (C=O) groups excluding carboxylic acids is 3. The molecule has 1 aliphatic heterocycles. The Hall–Kier alpha value is -2.87. The molecule has 11 nitrogen and oxygen atoms in total. The summed E-state index contributed by atoms with van der Waals surface area (Å²) in [5, 5.41) is 38.1. The van der Waals surface area contributed by atoms with Crippen molar-refractivity contribution in [2.45, 2.75) is 71.2 Å². The first-order chi connectivity index (χ1) is 14.5. The molecule has 11 heteroatoms. The average Bonchev–Trinajstić information content (AvgIpc) is 3.07. The van der Waals surface area contributed by atoms with E-state index in [1.165, 1.54) is 0 Å². The normalized spacial score (nSPS) is 19.7. The van der Waals surface area contributed by atoms with E-state index in [1.54, 1.807) is 19.9 Å². The summed E-state index contributed by atoms with van der Waals surface area (Å²) in [6.07, 6.45) is -2.00. The van der Waals surface area contributed by atoms with Gasteiger partial charge in [-0.05, 0) is 31.1 Å². The lowest BCUT2D eigenvalue weighted by Gasteiger charge is -2.28. The highest BCUT2D eigenvalue weighted by Gasteiger charge is 2.34. The third kappa shape index (κ3) is 8.41. The predicted molar refractivity (Wildman–Crippen MR) is 110 cm³/mol. The van der Waals surface area contributed by atoms with Crippen LogP contribution in [0.25, 0.3) is 0 Å². The van der Waals surface area contributed by atoms with Crippen LogP contribution in [-0.2, 0) is 14.4 Å². The van der Waals surface area contributed by atoms with E-state index in [4.69, 9.17) is 10.4 Å². The van der Waals surface area contributed by atoms with Crippen molar-refractivity contribution in [2.24, 2.45) is 17.8 Å². The van der Waals surface area contributed by atoms with Gasteiger partial charge in [0.25, 0.3) is 0 Å². The molecule has 0 spiro atoms. The Morgan fingerprint density at radius 3 is 2.26 bits per heavy atom. The quantitative estimate of drug-likeness (QED) is 0.239. The average molecular weight is 440 g/mol. The van der Waals surface area contributed by atoms with Crippen LogP contribution in [0.4, 0.5) is 4.79 Å². The number of rotatable bonds is 11. The topological polar surface area (TPSA) is 181 Å². The van der Waals surface area contributed by atoms with Gasteiger partial charge in [0.15, 0.2) is 6.10 Å². The van der Waals surface area contributed by atoms with Gasteiger partial charge in [-0.1, -0.05) is 27.7 Å². The summed E-state index contributed by atoms with van der Waals surface area (Å²) >= 11 is 0. The van der Waals surface area contributed by atoms with Crippen molar-refractivity contribution in [3.8, 4) is 6.07 Å². The number of nitrogens with one attached hydrogen (secondary N) is 4. The molecule has 1 rings (SSSR count). The third-order valence-electron chi connectivity index (χ3n) is 5.11. The standard InChI is InChI=1S/C20H33N5O6/c1-10(2)7-14(24-19(29)16(11(3)4)25-20(30)31)18(28)23-13(15(26)9-21)8-12-5-6-22-17(12)27/h10-16,25-26H,5-8H2,1-4H3,(H,22,27)(H,23,28)(H,24,29)(H,30,31)/t12-,13-,14-,15?,16-/m0/s1. The molecule has 0 aromatic carbocycles. The number of amides is 4. The Kier molecular flexibility index (Phi) is 10.2. The molecule has 0 saturated carbocycles. The van der Waals surface area contributed by atoms with Gasteiger partial charge in [0.1, 0.15) is 12.1 Å². The molecule has 0 aromatic heterocycles. The monoisotopic (exact) mass is 439 g/mol. The van der Waals surface area contributed by atoms with Gasteiger partial charge in [0.2, 0.25) is 17.7 Å². The molecule has 31 heavy (non-hydrogen) atoms. The minimum Gasteiger partial charge on any atom is -0.465 e. The van der Waals surface area contributed by atoms with E-state index >= 15 is 0 Å². The summed E-state index contributed by atoms with van der Waals surface area (Å²) in [5.41, 5.74) is 0. The molecule has 0 bridgehead atoms. The summed E-state index contributed by atoms with van der Waals surface area (Å²) < 4.78 is 0. The number of hydrogen-bond donors (Lipinski definition) is 6. The van der Waals surface area contributed by atoms with E-state index < -0.39 is 48.1 Å². The van der Waals surface area contributed by atoms with Crippen LogP contribution < -0.4 is 21.3 Å². The van der Waals surface area contributed by atoms with Gasteiger partial charge >= 0.3 is 6.09 Å². The number of nitriles is 1. The van der Waals surface area contributed by atoms with Crippen LogP contribution in [-0.4, -0.2) is 64.8 Å². The van der Waals surface area contributed by atoms with Crippen molar-refractivity contribution in [3.05, 3.63) is 0 Å². The molecule has 1 heterocycles. The fraction of sp³-hybridized carbons (Fsp3) is 0.750. The summed E-state index contributed by atoms with van der Waals surface area (Å²) in [7, 11) is 0. The predicted octanol–water partition coefficient (Wildman–Crippen LogP) is -0.295. The Labute approximate surface area is 181 Å². The number of hydrogen-bond acceptors (Lipinski definition) is 6. The lowest BCUT2D eigenvalue weighted by molar-refractivity contribution is -0.131. The third-order valence-corrected chi connectivity index (χ3v) is 5.11. The molecule has 1 aliphatic rings. The second kappa shape index (κ2) is 12.1. The second-order valence-electron chi connectivity index (χ2n) is 8.56. The van der Waals surface area contributed by atoms with Crippen LogP contribution in [0.15, 0.2) is 0 Å². The Morgan fingerprint density at radius 2 is 1.81 bits per heavy atom. The molecule has 4 amide bonds. The zero-order valence-electron chi connectivity index (χ0n) is 18.3. The summed E-state index contributed by atoms with van der Waals surface area (Å²) in [4.78, 5) is 48.4. The van der Waals surface area contributed by atoms with E-state index in [1.807, 2.05) is 13.8 Å². The van der Waals surface area contributed by atoms with Crippen LogP contribution in [0.3, 0.4) is 0 Å². The van der Waals surface area contributed by atoms with Gasteiger partial charge < -0.3 is 31.5 Å². The first-order valence-electron chi connectivity index (χ1n) is 10.4. The first kappa shape index (κ1) is 26.2. The summed E-state index contributed by atoms with van der Waals surface area (Å²) in [6.45, 7) is 7.54. The molecule has 0 aromatic rings. The minimum atomic E-state index is -1.52. The van der Waals surface area contributed by atoms with E-state index in [0.717, 1.165) is 0 Å². The van der Waals surface area contributed by atoms with Crippen LogP contribution in [0.2, 0.25) is 0 Å². The number of carboxylic acid groups (broad SMARTS) is 1. The largest absolute Gasteiger partial charge is 0.465 e. The van der Waals surface area contributed by atoms with Crippen LogP contribution in [0.5, 0.6) is 0 Å². The minimum absolute atomic E-state index is 0.0148. The van der Waals surface area contributed by atoms with Gasteiger partial charge in [-0.25, -0.2) is 4.79 Å². The highest BCUT2D eigenvalue weighted by atomic mass is 16.4. The fourth-order valence-corrected chi connectivity index (χ4v) is 3.45. The van der Waals surface area contributed by atoms with Crippen molar-refractivity contribution < 1.29 is 29.4 Å². The van der Waals surface area contributed by atoms with Crippen molar-refractivity contribution in [1.29, 1.82) is 5.26 Å². The van der Waals surface area contributed by atoms with Crippen molar-refractivity contribution in [3.63, 3.8) is 0 Å². The zero-order chi connectivity index (χ0) is 23.7. The number of carbonyl (C=O) groups is 4. The van der Waals surface area contributed by atoms with Gasteiger partial charge in [-0.2, -0.15) is 5.26 Å². The summed E-state index contributed by atoms with van der Waals surface area (Å²) in [6, 6.07) is -1.37. The Morgan fingerprint density at radius 1 is 1.16 bits per heavy atom. The second-order valence-corrected chi connectivity index (χ2v) is 8.56. The maximum atomic E-state index is 12.9. The molecule has 6 N–H and O–H groups in total. The Balaban J connectivity index is 2.95. The van der Waals surface area contributed by atoms with Crippen LogP contribution in [0, 0.1) is 29.1 Å².